The Balaban J connectivity index is 2.14. The lowest BCUT2D eigenvalue weighted by Crippen LogP contribution is -2.42. The Labute approximate surface area is 143 Å². The topological polar surface area (TPSA) is 86.7 Å². The van der Waals surface area contributed by atoms with E-state index >= 15 is 0 Å². The van der Waals surface area contributed by atoms with Crippen molar-refractivity contribution in [3.8, 4) is 0 Å². The Morgan fingerprint density at radius 3 is 2.57 bits per heavy atom. The molecule has 0 spiro atoms. The molecule has 1 aromatic carbocycles. The molecule has 1 saturated heterocycles. The molecule has 124 valence electrons. The number of aliphatic carboxylic acids is 1. The molecule has 2 N–H and O–H groups in total. The smallest absolute Gasteiger partial charge is 0.326 e. The van der Waals surface area contributed by atoms with Crippen LogP contribution in [0.15, 0.2) is 28.7 Å². The van der Waals surface area contributed by atoms with E-state index in [0.29, 0.717) is 19.4 Å². The second-order valence-corrected chi connectivity index (χ2v) is 6.51. The molecular weight excluding hydrogens is 364 g/mol. The van der Waals surface area contributed by atoms with Crippen molar-refractivity contribution in [2.45, 2.75) is 38.3 Å². The molecular formula is C16H19BrN2O4. The van der Waals surface area contributed by atoms with Gasteiger partial charge in [0.15, 0.2) is 0 Å². The van der Waals surface area contributed by atoms with Crippen molar-refractivity contribution in [1.29, 1.82) is 0 Å². The van der Waals surface area contributed by atoms with Gasteiger partial charge in [-0.2, -0.15) is 0 Å². The normalized spacial score (nSPS) is 18.5. The van der Waals surface area contributed by atoms with E-state index in [1.54, 1.807) is 0 Å². The van der Waals surface area contributed by atoms with E-state index in [9.17, 15) is 19.5 Å². The number of likely N-dealkylation sites (tertiary alicyclic amines) is 1. The predicted octanol–water partition coefficient (Wildman–Crippen LogP) is 2.09. The summed E-state index contributed by atoms with van der Waals surface area (Å²) in [5.74, 6) is -1.46. The first kappa shape index (κ1) is 17.5. The SMILES string of the molecule is CC(=O)N[C@@H](CC(=O)N1CCC[C@H]1C(=O)O)c1ccc(Br)cc1. The number of rotatable bonds is 5. The first-order chi connectivity index (χ1) is 10.9. The molecule has 0 aliphatic carbocycles. The quantitative estimate of drug-likeness (QED) is 0.815. The summed E-state index contributed by atoms with van der Waals surface area (Å²) in [4.78, 5) is 36.5. The zero-order chi connectivity index (χ0) is 17.0. The molecule has 1 aliphatic rings. The van der Waals surface area contributed by atoms with E-state index in [2.05, 4.69) is 21.2 Å². The van der Waals surface area contributed by atoms with Crippen molar-refractivity contribution >= 4 is 33.7 Å². The average molecular weight is 383 g/mol. The predicted molar refractivity (Wildman–Crippen MR) is 87.7 cm³/mol. The third-order valence-corrected chi connectivity index (χ3v) is 4.42. The fraction of sp³-hybridized carbons (Fsp3) is 0.438. The van der Waals surface area contributed by atoms with Crippen molar-refractivity contribution in [3.63, 3.8) is 0 Å². The van der Waals surface area contributed by atoms with Gasteiger partial charge in [-0.1, -0.05) is 28.1 Å². The molecule has 2 rings (SSSR count). The monoisotopic (exact) mass is 382 g/mol. The summed E-state index contributed by atoms with van der Waals surface area (Å²) in [6, 6.07) is 6.11. The van der Waals surface area contributed by atoms with E-state index in [-0.39, 0.29) is 18.2 Å². The van der Waals surface area contributed by atoms with Gasteiger partial charge in [0.25, 0.3) is 0 Å². The molecule has 1 aliphatic heterocycles. The van der Waals surface area contributed by atoms with Gasteiger partial charge in [-0.15, -0.1) is 0 Å². The number of hydrogen-bond acceptors (Lipinski definition) is 3. The highest BCUT2D eigenvalue weighted by Crippen LogP contribution is 2.24. The van der Waals surface area contributed by atoms with Crippen molar-refractivity contribution < 1.29 is 19.5 Å². The maximum Gasteiger partial charge on any atom is 0.326 e. The summed E-state index contributed by atoms with van der Waals surface area (Å²) in [5, 5.41) is 12.0. The van der Waals surface area contributed by atoms with Crippen LogP contribution < -0.4 is 5.32 Å². The summed E-state index contributed by atoms with van der Waals surface area (Å²) in [6.07, 6.45) is 1.21. The summed E-state index contributed by atoms with van der Waals surface area (Å²) in [6.45, 7) is 1.84. The van der Waals surface area contributed by atoms with Crippen LogP contribution in [0.5, 0.6) is 0 Å². The number of benzene rings is 1. The van der Waals surface area contributed by atoms with Crippen molar-refractivity contribution in [2.24, 2.45) is 0 Å². The maximum atomic E-state index is 12.5. The zero-order valence-corrected chi connectivity index (χ0v) is 14.4. The number of carbonyl (C=O) groups excluding carboxylic acids is 2. The summed E-state index contributed by atoms with van der Waals surface area (Å²) in [7, 11) is 0. The number of carboxylic acids is 1. The molecule has 0 saturated carbocycles. The molecule has 23 heavy (non-hydrogen) atoms. The standard InChI is InChI=1S/C16H19BrN2O4/c1-10(20)18-13(11-4-6-12(17)7-5-11)9-15(21)19-8-2-3-14(19)16(22)23/h4-7,13-14H,2-3,8-9H2,1H3,(H,18,20)(H,22,23)/t13-,14-/m0/s1. The van der Waals surface area contributed by atoms with Gasteiger partial charge in [-0.3, -0.25) is 9.59 Å². The Kier molecular flexibility index (Phi) is 5.76. The minimum absolute atomic E-state index is 0.0466. The highest BCUT2D eigenvalue weighted by atomic mass is 79.9. The van der Waals surface area contributed by atoms with Gasteiger partial charge in [-0.05, 0) is 30.5 Å². The van der Waals surface area contributed by atoms with Crippen LogP contribution in [0, 0.1) is 0 Å². The van der Waals surface area contributed by atoms with Gasteiger partial charge < -0.3 is 15.3 Å². The molecule has 6 nitrogen and oxygen atoms in total. The lowest BCUT2D eigenvalue weighted by Gasteiger charge is -2.25. The molecule has 1 fully saturated rings. The Hall–Kier alpha value is -1.89. The Morgan fingerprint density at radius 1 is 1.35 bits per heavy atom. The minimum atomic E-state index is -0.976. The summed E-state index contributed by atoms with van der Waals surface area (Å²) in [5.41, 5.74) is 0.808. The van der Waals surface area contributed by atoms with Crippen LogP contribution in [0.25, 0.3) is 0 Å². The first-order valence-electron chi connectivity index (χ1n) is 7.43. The highest BCUT2D eigenvalue weighted by Gasteiger charge is 2.34. The van der Waals surface area contributed by atoms with Crippen LogP contribution >= 0.6 is 15.9 Å². The molecule has 0 unspecified atom stereocenters. The summed E-state index contributed by atoms with van der Waals surface area (Å²) >= 11 is 3.35. The number of carbonyl (C=O) groups is 3. The molecule has 2 amide bonds. The Bertz CT molecular complexity index is 603. The van der Waals surface area contributed by atoms with Crippen LogP contribution in [-0.2, 0) is 14.4 Å². The summed E-state index contributed by atoms with van der Waals surface area (Å²) < 4.78 is 0.902. The molecule has 0 aromatic heterocycles. The Morgan fingerprint density at radius 2 is 2.00 bits per heavy atom. The average Bonchev–Trinajstić information content (AvgIpc) is 2.96. The highest BCUT2D eigenvalue weighted by molar-refractivity contribution is 9.10. The van der Waals surface area contributed by atoms with Gasteiger partial charge in [0.1, 0.15) is 6.04 Å². The third kappa shape index (κ3) is 4.54. The molecule has 1 aromatic rings. The van der Waals surface area contributed by atoms with Crippen LogP contribution in [-0.4, -0.2) is 40.4 Å². The molecule has 7 heteroatoms. The van der Waals surface area contributed by atoms with Gasteiger partial charge in [0, 0.05) is 17.9 Å². The minimum Gasteiger partial charge on any atom is -0.480 e. The van der Waals surface area contributed by atoms with Crippen LogP contribution in [0.3, 0.4) is 0 Å². The van der Waals surface area contributed by atoms with E-state index in [1.807, 2.05) is 24.3 Å². The van der Waals surface area contributed by atoms with E-state index in [1.165, 1.54) is 11.8 Å². The van der Waals surface area contributed by atoms with Crippen molar-refractivity contribution in [3.05, 3.63) is 34.3 Å². The molecule has 0 bridgehead atoms. The number of carboxylic acid groups (broad SMARTS) is 1. The number of amides is 2. The van der Waals surface area contributed by atoms with Crippen molar-refractivity contribution in [1.82, 2.24) is 10.2 Å². The van der Waals surface area contributed by atoms with Crippen LogP contribution in [0.2, 0.25) is 0 Å². The maximum absolute atomic E-state index is 12.5. The molecule has 0 radical (unpaired) electrons. The largest absolute Gasteiger partial charge is 0.480 e. The molecule has 2 atom stereocenters. The van der Waals surface area contributed by atoms with Crippen molar-refractivity contribution in [2.75, 3.05) is 6.54 Å². The van der Waals surface area contributed by atoms with Crippen LogP contribution in [0.4, 0.5) is 0 Å². The number of nitrogens with one attached hydrogen (secondary N) is 1. The zero-order valence-electron chi connectivity index (χ0n) is 12.8. The molecule has 1 heterocycles. The van der Waals surface area contributed by atoms with Crippen LogP contribution in [0.1, 0.15) is 37.8 Å². The van der Waals surface area contributed by atoms with Gasteiger partial charge >= 0.3 is 5.97 Å². The van der Waals surface area contributed by atoms with E-state index in [0.717, 1.165) is 10.0 Å². The van der Waals surface area contributed by atoms with Gasteiger partial charge in [0.05, 0.1) is 12.5 Å². The van der Waals surface area contributed by atoms with Gasteiger partial charge in [0.2, 0.25) is 11.8 Å². The lowest BCUT2D eigenvalue weighted by atomic mass is 10.0. The second kappa shape index (κ2) is 7.59. The first-order valence-corrected chi connectivity index (χ1v) is 8.22. The fourth-order valence-corrected chi connectivity index (χ4v) is 3.07. The number of halogens is 1. The van der Waals surface area contributed by atoms with E-state index in [4.69, 9.17) is 0 Å². The van der Waals surface area contributed by atoms with E-state index < -0.39 is 18.1 Å². The third-order valence-electron chi connectivity index (χ3n) is 3.89. The lowest BCUT2D eigenvalue weighted by molar-refractivity contribution is -0.148. The number of nitrogens with zero attached hydrogens (tertiary/aromatic N) is 1. The fourth-order valence-electron chi connectivity index (χ4n) is 2.81. The second-order valence-electron chi connectivity index (χ2n) is 5.59. The van der Waals surface area contributed by atoms with Gasteiger partial charge in [-0.25, -0.2) is 4.79 Å². The number of hydrogen-bond donors (Lipinski definition) is 2.